The van der Waals surface area contributed by atoms with Crippen LogP contribution < -0.4 is 0 Å². The Hall–Kier alpha value is -0.130. The van der Waals surface area contributed by atoms with Crippen LogP contribution in [0.5, 0.6) is 0 Å². The van der Waals surface area contributed by atoms with Gasteiger partial charge in [0.1, 0.15) is 0 Å². The van der Waals surface area contributed by atoms with E-state index in [1.165, 1.54) is 6.42 Å². The van der Waals surface area contributed by atoms with E-state index in [0.29, 0.717) is 18.7 Å². The molecule has 1 N–H and O–H groups in total. The molecular weight excluding hydrogens is 238 g/mol. The second-order valence-electron chi connectivity index (χ2n) is 5.31. The maximum Gasteiger partial charge on any atom is 0.151 e. The molecule has 0 bridgehead atoms. The highest BCUT2D eigenvalue weighted by Gasteiger charge is 2.30. The Kier molecular flexibility index (Phi) is 4.44. The number of aliphatic hydroxyl groups is 1. The third-order valence-corrected chi connectivity index (χ3v) is 5.72. The number of rotatable bonds is 1. The van der Waals surface area contributed by atoms with Crippen molar-refractivity contribution in [2.45, 2.75) is 50.7 Å². The zero-order chi connectivity index (χ0) is 12.3. The topological polar surface area (TPSA) is 57.6 Å². The Bertz CT molecular complexity index is 342. The first-order valence-electron chi connectivity index (χ1n) is 6.71. The molecule has 0 aromatic rings. The van der Waals surface area contributed by atoms with Gasteiger partial charge < -0.3 is 5.11 Å². The van der Waals surface area contributed by atoms with Crippen LogP contribution in [0, 0.1) is 0 Å². The lowest BCUT2D eigenvalue weighted by Crippen LogP contribution is -2.44. The number of sulfone groups is 1. The van der Waals surface area contributed by atoms with Gasteiger partial charge in [-0.15, -0.1) is 0 Å². The molecule has 100 valence electrons. The molecular formula is C12H23NO3S. The van der Waals surface area contributed by atoms with Crippen molar-refractivity contribution in [1.29, 1.82) is 0 Å². The summed E-state index contributed by atoms with van der Waals surface area (Å²) in [4.78, 5) is 2.21. The summed E-state index contributed by atoms with van der Waals surface area (Å²) in [6.45, 7) is 1.42. The van der Waals surface area contributed by atoms with E-state index in [-0.39, 0.29) is 17.9 Å². The highest BCUT2D eigenvalue weighted by molar-refractivity contribution is 7.91. The fourth-order valence-electron chi connectivity index (χ4n) is 2.98. The Balaban J connectivity index is 2.00. The molecule has 17 heavy (non-hydrogen) atoms. The quantitative estimate of drug-likeness (QED) is 0.709. The van der Waals surface area contributed by atoms with E-state index in [4.69, 9.17) is 0 Å². The molecule has 1 aliphatic heterocycles. The van der Waals surface area contributed by atoms with Crippen LogP contribution in [0.1, 0.15) is 38.5 Å². The van der Waals surface area contributed by atoms with Crippen LogP contribution in [-0.2, 0) is 9.84 Å². The lowest BCUT2D eigenvalue weighted by atomic mass is 10.0. The Morgan fingerprint density at radius 3 is 2.53 bits per heavy atom. The first kappa shape index (κ1) is 13.3. The second-order valence-corrected chi connectivity index (χ2v) is 7.62. The number of hydrogen-bond acceptors (Lipinski definition) is 4. The van der Waals surface area contributed by atoms with Gasteiger partial charge in [-0.3, -0.25) is 4.90 Å². The lowest BCUT2D eigenvalue weighted by Gasteiger charge is -2.32. The summed E-state index contributed by atoms with van der Waals surface area (Å²) in [7, 11) is -2.84. The van der Waals surface area contributed by atoms with Crippen molar-refractivity contribution in [3.05, 3.63) is 0 Å². The first-order valence-corrected chi connectivity index (χ1v) is 8.53. The van der Waals surface area contributed by atoms with Crippen LogP contribution in [0.15, 0.2) is 0 Å². The molecule has 2 unspecified atom stereocenters. The van der Waals surface area contributed by atoms with Crippen LogP contribution in [-0.4, -0.2) is 55.2 Å². The summed E-state index contributed by atoms with van der Waals surface area (Å²) < 4.78 is 23.1. The largest absolute Gasteiger partial charge is 0.391 e. The summed E-state index contributed by atoms with van der Waals surface area (Å²) in [5, 5.41) is 10.1. The zero-order valence-corrected chi connectivity index (χ0v) is 11.2. The van der Waals surface area contributed by atoms with E-state index in [9.17, 15) is 13.5 Å². The van der Waals surface area contributed by atoms with Crippen LogP contribution in [0.2, 0.25) is 0 Å². The fourth-order valence-corrected chi connectivity index (χ4v) is 4.27. The van der Waals surface area contributed by atoms with Crippen molar-refractivity contribution < 1.29 is 13.5 Å². The number of aliphatic hydroxyl groups excluding tert-OH is 1. The van der Waals surface area contributed by atoms with Gasteiger partial charge in [-0.05, 0) is 25.8 Å². The summed E-state index contributed by atoms with van der Waals surface area (Å²) >= 11 is 0. The predicted octanol–water partition coefficient (Wildman–Crippen LogP) is 0.800. The molecule has 2 fully saturated rings. The lowest BCUT2D eigenvalue weighted by molar-refractivity contribution is 0.0481. The molecule has 5 heteroatoms. The van der Waals surface area contributed by atoms with Crippen molar-refractivity contribution in [3.63, 3.8) is 0 Å². The predicted molar refractivity (Wildman–Crippen MR) is 67.7 cm³/mol. The van der Waals surface area contributed by atoms with E-state index < -0.39 is 9.84 Å². The Labute approximate surface area is 104 Å². The third kappa shape index (κ3) is 3.66. The van der Waals surface area contributed by atoms with Crippen molar-refractivity contribution in [1.82, 2.24) is 4.90 Å². The molecule has 4 nitrogen and oxygen atoms in total. The third-order valence-electron chi connectivity index (χ3n) is 4.00. The summed E-state index contributed by atoms with van der Waals surface area (Å²) in [5.41, 5.74) is 0. The molecule has 0 amide bonds. The minimum absolute atomic E-state index is 0.186. The maximum atomic E-state index is 11.6. The van der Waals surface area contributed by atoms with E-state index in [0.717, 1.165) is 32.2 Å². The second kappa shape index (κ2) is 5.67. The van der Waals surface area contributed by atoms with Gasteiger partial charge in [0.15, 0.2) is 9.84 Å². The van der Waals surface area contributed by atoms with Crippen molar-refractivity contribution >= 4 is 9.84 Å². The average molecular weight is 261 g/mol. The Morgan fingerprint density at radius 1 is 0.941 bits per heavy atom. The fraction of sp³-hybridized carbons (Fsp3) is 1.00. The van der Waals surface area contributed by atoms with Gasteiger partial charge in [0.05, 0.1) is 17.6 Å². The van der Waals surface area contributed by atoms with Gasteiger partial charge in [0.2, 0.25) is 0 Å². The molecule has 2 atom stereocenters. The van der Waals surface area contributed by atoms with E-state index in [2.05, 4.69) is 4.90 Å². The van der Waals surface area contributed by atoms with Crippen molar-refractivity contribution in [3.8, 4) is 0 Å². The summed E-state index contributed by atoms with van der Waals surface area (Å²) in [6, 6.07) is 0.186. The van der Waals surface area contributed by atoms with Crippen LogP contribution in [0.3, 0.4) is 0 Å². The maximum absolute atomic E-state index is 11.6. The van der Waals surface area contributed by atoms with Gasteiger partial charge >= 0.3 is 0 Å². The van der Waals surface area contributed by atoms with Crippen molar-refractivity contribution in [2.75, 3.05) is 24.6 Å². The van der Waals surface area contributed by atoms with Crippen LogP contribution in [0.4, 0.5) is 0 Å². The molecule has 2 rings (SSSR count). The van der Waals surface area contributed by atoms with Gasteiger partial charge in [-0.2, -0.15) is 0 Å². The molecule has 2 aliphatic rings. The minimum Gasteiger partial charge on any atom is -0.391 e. The molecule has 1 saturated carbocycles. The van der Waals surface area contributed by atoms with Gasteiger partial charge in [0.25, 0.3) is 0 Å². The van der Waals surface area contributed by atoms with E-state index in [1.807, 2.05) is 0 Å². The summed E-state index contributed by atoms with van der Waals surface area (Å²) in [5.74, 6) is 0.572. The monoisotopic (exact) mass is 261 g/mol. The molecule has 0 aromatic heterocycles. The summed E-state index contributed by atoms with van der Waals surface area (Å²) in [6.07, 6.45) is 5.79. The number of nitrogens with zero attached hydrogens (tertiary/aromatic N) is 1. The van der Waals surface area contributed by atoms with Gasteiger partial charge in [0, 0.05) is 12.6 Å². The van der Waals surface area contributed by atoms with Crippen molar-refractivity contribution in [2.24, 2.45) is 0 Å². The van der Waals surface area contributed by atoms with Crippen LogP contribution in [0.25, 0.3) is 0 Å². The SMILES string of the molecule is O=S1(=O)CCCN(C2CCCCCC2O)CC1. The molecule has 0 aromatic carbocycles. The number of hydrogen-bond donors (Lipinski definition) is 1. The standard InChI is InChI=1S/C12H23NO3S/c14-12-6-3-1-2-5-11(12)13-7-4-9-17(15,16)10-8-13/h11-12,14H,1-10H2. The molecule has 1 aliphatic carbocycles. The average Bonchev–Trinajstić information content (AvgIpc) is 2.57. The first-order chi connectivity index (χ1) is 8.08. The normalized spacial score (nSPS) is 36.1. The Morgan fingerprint density at radius 2 is 1.71 bits per heavy atom. The van der Waals surface area contributed by atoms with Gasteiger partial charge in [-0.1, -0.05) is 19.3 Å². The molecule has 0 radical (unpaired) electrons. The zero-order valence-electron chi connectivity index (χ0n) is 10.3. The smallest absolute Gasteiger partial charge is 0.151 e. The highest BCUT2D eigenvalue weighted by atomic mass is 32.2. The van der Waals surface area contributed by atoms with Crippen LogP contribution >= 0.6 is 0 Å². The molecule has 0 spiro atoms. The highest BCUT2D eigenvalue weighted by Crippen LogP contribution is 2.23. The van der Waals surface area contributed by atoms with E-state index in [1.54, 1.807) is 0 Å². The van der Waals surface area contributed by atoms with Gasteiger partial charge in [-0.25, -0.2) is 8.42 Å². The molecule has 1 saturated heterocycles. The van der Waals surface area contributed by atoms with E-state index >= 15 is 0 Å². The molecule has 1 heterocycles. The minimum atomic E-state index is -2.84.